The minimum absolute atomic E-state index is 0.357. The molecule has 1 fully saturated rings. The summed E-state index contributed by atoms with van der Waals surface area (Å²) in [7, 11) is 0. The summed E-state index contributed by atoms with van der Waals surface area (Å²) in [6.07, 6.45) is -4.17. The average Bonchev–Trinajstić information content (AvgIpc) is 1.93. The van der Waals surface area contributed by atoms with Gasteiger partial charge in [0.2, 0.25) is 0 Å². The lowest BCUT2D eigenvalue weighted by molar-refractivity contribution is -0.280. The third-order valence-electron chi connectivity index (χ3n) is 2.45. The van der Waals surface area contributed by atoms with Crippen molar-refractivity contribution < 1.29 is 18.3 Å². The summed E-state index contributed by atoms with van der Waals surface area (Å²) < 4.78 is 36.9. The molecule has 0 aromatic rings. The molecule has 1 aliphatic rings. The maximum Gasteiger partial charge on any atom is 0.418 e. The predicted octanol–water partition coefficient (Wildman–Crippen LogP) is 0.909. The van der Waals surface area contributed by atoms with Crippen LogP contribution in [-0.4, -0.2) is 30.0 Å². The molecule has 1 heterocycles. The molecule has 0 aromatic carbocycles. The fourth-order valence-corrected chi connectivity index (χ4v) is 1.39. The molecule has 2 N–H and O–H groups in total. The Morgan fingerprint density at radius 1 is 1.50 bits per heavy atom. The van der Waals surface area contributed by atoms with Crippen molar-refractivity contribution in [2.24, 2.45) is 5.92 Å². The number of rotatable bonds is 0. The molecule has 72 valence electrons. The third kappa shape index (κ3) is 1.43. The number of aliphatic hydroxyl groups is 1. The minimum atomic E-state index is -4.53. The van der Waals surface area contributed by atoms with Gasteiger partial charge >= 0.3 is 6.18 Å². The van der Waals surface area contributed by atoms with E-state index in [1.165, 1.54) is 6.92 Å². The van der Waals surface area contributed by atoms with E-state index in [-0.39, 0.29) is 0 Å². The average molecular weight is 183 g/mol. The Bertz CT molecular complexity index is 171. The molecular formula is C7H12F3NO. The van der Waals surface area contributed by atoms with Crippen molar-refractivity contribution in [2.45, 2.75) is 25.1 Å². The molecule has 0 amide bonds. The SMILES string of the molecule is C[C@H]1CCNC[C@@]1(O)C(F)(F)F. The first-order chi connectivity index (χ1) is 5.38. The van der Waals surface area contributed by atoms with Crippen LogP contribution in [0.3, 0.4) is 0 Å². The van der Waals surface area contributed by atoms with Gasteiger partial charge in [0.25, 0.3) is 0 Å². The maximum atomic E-state index is 12.3. The number of halogens is 3. The van der Waals surface area contributed by atoms with Gasteiger partial charge in [0.15, 0.2) is 5.60 Å². The summed E-state index contributed by atoms with van der Waals surface area (Å²) in [6, 6.07) is 0. The standard InChI is InChI=1S/C7H12F3NO/c1-5-2-3-11-4-6(5,12)7(8,9)10/h5,11-12H,2-4H2,1H3/t5-,6-/m0/s1. The normalized spacial score (nSPS) is 38.2. The van der Waals surface area contributed by atoms with Crippen LogP contribution in [0.15, 0.2) is 0 Å². The van der Waals surface area contributed by atoms with Crippen molar-refractivity contribution >= 4 is 0 Å². The second-order valence-electron chi connectivity index (χ2n) is 3.29. The predicted molar refractivity (Wildman–Crippen MR) is 37.7 cm³/mol. The first kappa shape index (κ1) is 9.80. The lowest BCUT2D eigenvalue weighted by Crippen LogP contribution is -2.60. The molecule has 0 aromatic heterocycles. The molecule has 1 rings (SSSR count). The van der Waals surface area contributed by atoms with Crippen LogP contribution in [0.2, 0.25) is 0 Å². The van der Waals surface area contributed by atoms with E-state index in [0.717, 1.165) is 0 Å². The topological polar surface area (TPSA) is 32.3 Å². The number of nitrogens with one attached hydrogen (secondary N) is 1. The van der Waals surface area contributed by atoms with E-state index in [9.17, 15) is 18.3 Å². The molecular weight excluding hydrogens is 171 g/mol. The number of hydrogen-bond acceptors (Lipinski definition) is 2. The monoisotopic (exact) mass is 183 g/mol. The first-order valence-corrected chi connectivity index (χ1v) is 3.88. The largest absolute Gasteiger partial charge is 0.418 e. The minimum Gasteiger partial charge on any atom is -0.379 e. The molecule has 1 aliphatic heterocycles. The molecule has 2 atom stereocenters. The lowest BCUT2D eigenvalue weighted by Gasteiger charge is -2.39. The zero-order valence-electron chi connectivity index (χ0n) is 6.78. The lowest BCUT2D eigenvalue weighted by atomic mass is 9.83. The zero-order valence-corrected chi connectivity index (χ0v) is 6.78. The van der Waals surface area contributed by atoms with Crippen LogP contribution in [0.1, 0.15) is 13.3 Å². The molecule has 0 bridgehead atoms. The Hall–Kier alpha value is -0.290. The summed E-state index contributed by atoms with van der Waals surface area (Å²) in [5.74, 6) is -0.723. The van der Waals surface area contributed by atoms with E-state index in [4.69, 9.17) is 0 Å². The number of hydrogen-bond donors (Lipinski definition) is 2. The Morgan fingerprint density at radius 2 is 2.08 bits per heavy atom. The number of β-amino-alcohol motifs (C(OH)–C–C–N with tert-alkyl or cyclic N) is 1. The molecule has 5 heteroatoms. The van der Waals surface area contributed by atoms with Crippen LogP contribution in [0.25, 0.3) is 0 Å². The van der Waals surface area contributed by atoms with E-state index >= 15 is 0 Å². The fourth-order valence-electron chi connectivity index (χ4n) is 1.39. The highest BCUT2D eigenvalue weighted by atomic mass is 19.4. The summed E-state index contributed by atoms with van der Waals surface area (Å²) in [5.41, 5.74) is -2.54. The Labute approximate surface area is 68.8 Å². The maximum absolute atomic E-state index is 12.3. The number of piperidine rings is 1. The Morgan fingerprint density at radius 3 is 2.42 bits per heavy atom. The van der Waals surface area contributed by atoms with Gasteiger partial charge in [0, 0.05) is 6.54 Å². The Kier molecular flexibility index (Phi) is 2.35. The number of alkyl halides is 3. The van der Waals surface area contributed by atoms with Crippen LogP contribution in [0, 0.1) is 5.92 Å². The van der Waals surface area contributed by atoms with Crippen LogP contribution in [0.5, 0.6) is 0 Å². The van der Waals surface area contributed by atoms with Crippen molar-refractivity contribution in [3.63, 3.8) is 0 Å². The van der Waals surface area contributed by atoms with Gasteiger partial charge < -0.3 is 10.4 Å². The van der Waals surface area contributed by atoms with Crippen molar-refractivity contribution in [1.82, 2.24) is 5.32 Å². The van der Waals surface area contributed by atoms with Crippen molar-refractivity contribution in [3.8, 4) is 0 Å². The molecule has 2 nitrogen and oxygen atoms in total. The Balaban J connectivity index is 2.79. The van der Waals surface area contributed by atoms with Crippen LogP contribution in [-0.2, 0) is 0 Å². The van der Waals surface area contributed by atoms with E-state index in [1.807, 2.05) is 0 Å². The van der Waals surface area contributed by atoms with E-state index < -0.39 is 24.2 Å². The zero-order chi connectivity index (χ0) is 9.41. The van der Waals surface area contributed by atoms with Gasteiger partial charge in [-0.1, -0.05) is 6.92 Å². The van der Waals surface area contributed by atoms with Crippen LogP contribution < -0.4 is 5.32 Å². The van der Waals surface area contributed by atoms with Gasteiger partial charge in [0.1, 0.15) is 0 Å². The van der Waals surface area contributed by atoms with Crippen molar-refractivity contribution in [1.29, 1.82) is 0 Å². The molecule has 0 radical (unpaired) electrons. The van der Waals surface area contributed by atoms with Crippen LogP contribution >= 0.6 is 0 Å². The summed E-state index contributed by atoms with van der Waals surface area (Å²) in [5, 5.41) is 11.8. The quantitative estimate of drug-likeness (QED) is 0.585. The van der Waals surface area contributed by atoms with Crippen molar-refractivity contribution in [3.05, 3.63) is 0 Å². The fraction of sp³-hybridized carbons (Fsp3) is 1.00. The smallest absolute Gasteiger partial charge is 0.379 e. The van der Waals surface area contributed by atoms with Gasteiger partial charge in [0.05, 0.1) is 0 Å². The molecule has 1 saturated heterocycles. The summed E-state index contributed by atoms with van der Waals surface area (Å²) in [6.45, 7) is 1.57. The summed E-state index contributed by atoms with van der Waals surface area (Å²) in [4.78, 5) is 0. The van der Waals surface area contributed by atoms with E-state index in [1.54, 1.807) is 0 Å². The van der Waals surface area contributed by atoms with Crippen molar-refractivity contribution in [2.75, 3.05) is 13.1 Å². The molecule has 0 unspecified atom stereocenters. The molecule has 0 aliphatic carbocycles. The van der Waals surface area contributed by atoms with Gasteiger partial charge in [-0.05, 0) is 18.9 Å². The molecule has 0 spiro atoms. The van der Waals surface area contributed by atoms with Gasteiger partial charge in [-0.15, -0.1) is 0 Å². The second kappa shape index (κ2) is 2.88. The summed E-state index contributed by atoms with van der Waals surface area (Å²) >= 11 is 0. The van der Waals surface area contributed by atoms with E-state index in [2.05, 4.69) is 5.32 Å². The highest BCUT2D eigenvalue weighted by Gasteiger charge is 2.57. The van der Waals surface area contributed by atoms with Gasteiger partial charge in [-0.3, -0.25) is 0 Å². The van der Waals surface area contributed by atoms with Gasteiger partial charge in [-0.25, -0.2) is 0 Å². The van der Waals surface area contributed by atoms with E-state index in [0.29, 0.717) is 13.0 Å². The first-order valence-electron chi connectivity index (χ1n) is 3.88. The highest BCUT2D eigenvalue weighted by molar-refractivity contribution is 4.96. The molecule has 12 heavy (non-hydrogen) atoms. The third-order valence-corrected chi connectivity index (χ3v) is 2.45. The molecule has 0 saturated carbocycles. The van der Waals surface area contributed by atoms with Gasteiger partial charge in [-0.2, -0.15) is 13.2 Å². The van der Waals surface area contributed by atoms with Crippen LogP contribution in [0.4, 0.5) is 13.2 Å². The second-order valence-corrected chi connectivity index (χ2v) is 3.29. The highest BCUT2D eigenvalue weighted by Crippen LogP contribution is 2.38.